The molecule has 0 aliphatic heterocycles. The highest BCUT2D eigenvalue weighted by Crippen LogP contribution is 2.29. The molecule has 2 rings (SSSR count). The van der Waals surface area contributed by atoms with Crippen LogP contribution in [0.3, 0.4) is 0 Å². The molecule has 0 bridgehead atoms. The van der Waals surface area contributed by atoms with Crippen molar-refractivity contribution >= 4 is 39.3 Å². The molecule has 0 saturated carbocycles. The summed E-state index contributed by atoms with van der Waals surface area (Å²) in [5.41, 5.74) is 7.95. The maximum absolute atomic E-state index is 6.14. The summed E-state index contributed by atoms with van der Waals surface area (Å²) in [6, 6.07) is 14.2. The van der Waals surface area contributed by atoms with Crippen LogP contribution in [0.25, 0.3) is 0 Å². The molecule has 0 fully saturated rings. The third-order valence-corrected chi connectivity index (χ3v) is 4.37. The van der Waals surface area contributed by atoms with E-state index < -0.39 is 0 Å². The third kappa shape index (κ3) is 3.75. The van der Waals surface area contributed by atoms with E-state index in [1.165, 1.54) is 4.90 Å². The van der Waals surface area contributed by atoms with Crippen molar-refractivity contribution in [3.05, 3.63) is 63.1 Å². The standard InChI is InChI=1S/C14H13BrClNS/c15-12-5-10(8-17)6-13(7-12)18-9-11-3-1-2-4-14(11)16/h1-7H,8-9,17H2. The maximum atomic E-state index is 6.14. The largest absolute Gasteiger partial charge is 0.326 e. The van der Waals surface area contributed by atoms with Gasteiger partial charge in [-0.15, -0.1) is 11.8 Å². The summed E-state index contributed by atoms with van der Waals surface area (Å²) in [6.07, 6.45) is 0. The van der Waals surface area contributed by atoms with Gasteiger partial charge in [0.05, 0.1) is 0 Å². The minimum atomic E-state index is 0.555. The van der Waals surface area contributed by atoms with Gasteiger partial charge < -0.3 is 5.73 Å². The Bertz CT molecular complexity index is 545. The van der Waals surface area contributed by atoms with Gasteiger partial charge in [-0.3, -0.25) is 0 Å². The second-order valence-corrected chi connectivity index (χ2v) is 6.25. The SMILES string of the molecule is NCc1cc(Br)cc(SCc2ccccc2Cl)c1. The lowest BCUT2D eigenvalue weighted by Gasteiger charge is -2.06. The first kappa shape index (κ1) is 13.9. The first-order valence-electron chi connectivity index (χ1n) is 5.55. The van der Waals surface area contributed by atoms with Crippen molar-refractivity contribution in [2.75, 3.05) is 0 Å². The van der Waals surface area contributed by atoms with E-state index in [1.807, 2.05) is 24.3 Å². The number of benzene rings is 2. The minimum Gasteiger partial charge on any atom is -0.326 e. The summed E-state index contributed by atoms with van der Waals surface area (Å²) in [5.74, 6) is 0.861. The smallest absolute Gasteiger partial charge is 0.0446 e. The molecule has 0 atom stereocenters. The number of nitrogens with two attached hydrogens (primary N) is 1. The lowest BCUT2D eigenvalue weighted by molar-refractivity contribution is 1.06. The molecule has 0 aliphatic rings. The van der Waals surface area contributed by atoms with Crippen LogP contribution in [0.15, 0.2) is 51.8 Å². The van der Waals surface area contributed by atoms with Crippen molar-refractivity contribution in [3.8, 4) is 0 Å². The molecular formula is C14H13BrClNS. The Balaban J connectivity index is 2.11. The summed E-state index contributed by atoms with van der Waals surface area (Å²) in [4.78, 5) is 1.20. The number of thioether (sulfide) groups is 1. The summed E-state index contributed by atoms with van der Waals surface area (Å²) < 4.78 is 1.06. The second kappa shape index (κ2) is 6.62. The van der Waals surface area contributed by atoms with E-state index in [-0.39, 0.29) is 0 Å². The second-order valence-electron chi connectivity index (χ2n) is 3.88. The minimum absolute atomic E-state index is 0.555. The van der Waals surface area contributed by atoms with E-state index >= 15 is 0 Å². The molecule has 1 nitrogen and oxygen atoms in total. The van der Waals surface area contributed by atoms with E-state index in [1.54, 1.807) is 11.8 Å². The maximum Gasteiger partial charge on any atom is 0.0446 e. The predicted octanol–water partition coefficient (Wildman–Crippen LogP) is 4.85. The van der Waals surface area contributed by atoms with Gasteiger partial charge >= 0.3 is 0 Å². The summed E-state index contributed by atoms with van der Waals surface area (Å²) >= 11 is 11.4. The molecule has 0 heterocycles. The molecular weight excluding hydrogens is 330 g/mol. The Kier molecular flexibility index (Phi) is 5.13. The molecule has 4 heteroatoms. The predicted molar refractivity (Wildman–Crippen MR) is 83.0 cm³/mol. The zero-order valence-corrected chi connectivity index (χ0v) is 12.9. The number of rotatable bonds is 4. The third-order valence-electron chi connectivity index (χ3n) is 2.52. The van der Waals surface area contributed by atoms with Crippen LogP contribution < -0.4 is 5.73 Å². The average molecular weight is 343 g/mol. The highest BCUT2D eigenvalue weighted by molar-refractivity contribution is 9.10. The van der Waals surface area contributed by atoms with Gasteiger partial charge in [0.25, 0.3) is 0 Å². The fourth-order valence-corrected chi connectivity index (χ4v) is 3.59. The fraction of sp³-hybridized carbons (Fsp3) is 0.143. The molecule has 0 saturated heterocycles. The van der Waals surface area contributed by atoms with E-state index in [2.05, 4.69) is 34.1 Å². The highest BCUT2D eigenvalue weighted by Gasteiger charge is 2.03. The van der Waals surface area contributed by atoms with Gasteiger partial charge in [0.2, 0.25) is 0 Å². The molecule has 0 aromatic heterocycles. The molecule has 0 radical (unpaired) electrons. The summed E-state index contributed by atoms with van der Waals surface area (Å²) in [7, 11) is 0. The van der Waals surface area contributed by atoms with Crippen LogP contribution in [0.2, 0.25) is 5.02 Å². The lowest BCUT2D eigenvalue weighted by Crippen LogP contribution is -1.96. The normalized spacial score (nSPS) is 10.6. The molecule has 0 aliphatic carbocycles. The zero-order valence-electron chi connectivity index (χ0n) is 9.70. The first-order valence-corrected chi connectivity index (χ1v) is 7.70. The van der Waals surface area contributed by atoms with Gasteiger partial charge in [0.15, 0.2) is 0 Å². The van der Waals surface area contributed by atoms with Crippen molar-refractivity contribution in [2.24, 2.45) is 5.73 Å². The molecule has 0 amide bonds. The Labute approximate surface area is 125 Å². The van der Waals surface area contributed by atoms with Gasteiger partial charge in [-0.2, -0.15) is 0 Å². The Morgan fingerprint density at radius 1 is 1.17 bits per heavy atom. The summed E-state index contributed by atoms with van der Waals surface area (Å²) in [6.45, 7) is 0.555. The zero-order chi connectivity index (χ0) is 13.0. The van der Waals surface area contributed by atoms with Crippen molar-refractivity contribution in [3.63, 3.8) is 0 Å². The van der Waals surface area contributed by atoms with Crippen LogP contribution in [0.1, 0.15) is 11.1 Å². The van der Waals surface area contributed by atoms with Crippen LogP contribution >= 0.6 is 39.3 Å². The molecule has 2 aromatic rings. The molecule has 2 N–H and O–H groups in total. The van der Waals surface area contributed by atoms with E-state index in [0.717, 1.165) is 26.4 Å². The molecule has 0 spiro atoms. The van der Waals surface area contributed by atoms with Gasteiger partial charge in [-0.25, -0.2) is 0 Å². The topological polar surface area (TPSA) is 26.0 Å². The number of hydrogen-bond donors (Lipinski definition) is 1. The summed E-state index contributed by atoms with van der Waals surface area (Å²) in [5, 5.41) is 0.819. The molecule has 2 aromatic carbocycles. The van der Waals surface area contributed by atoms with Crippen molar-refractivity contribution in [1.82, 2.24) is 0 Å². The van der Waals surface area contributed by atoms with Crippen LogP contribution in [-0.4, -0.2) is 0 Å². The number of hydrogen-bond acceptors (Lipinski definition) is 2. The number of halogens is 2. The van der Waals surface area contributed by atoms with Gasteiger partial charge in [-0.1, -0.05) is 45.7 Å². The Morgan fingerprint density at radius 3 is 2.67 bits per heavy atom. The lowest BCUT2D eigenvalue weighted by atomic mass is 10.2. The van der Waals surface area contributed by atoms with Crippen molar-refractivity contribution in [1.29, 1.82) is 0 Å². The monoisotopic (exact) mass is 341 g/mol. The molecule has 94 valence electrons. The molecule has 0 unspecified atom stereocenters. The quantitative estimate of drug-likeness (QED) is 0.803. The Morgan fingerprint density at radius 2 is 1.94 bits per heavy atom. The van der Waals surface area contributed by atoms with Crippen LogP contribution in [0, 0.1) is 0 Å². The van der Waals surface area contributed by atoms with Gasteiger partial charge in [0.1, 0.15) is 0 Å². The van der Waals surface area contributed by atoms with Crippen LogP contribution in [0.4, 0.5) is 0 Å². The van der Waals surface area contributed by atoms with Crippen molar-refractivity contribution in [2.45, 2.75) is 17.2 Å². The first-order chi connectivity index (χ1) is 8.69. The average Bonchev–Trinajstić information content (AvgIpc) is 2.37. The van der Waals surface area contributed by atoms with E-state index in [0.29, 0.717) is 6.54 Å². The molecule has 18 heavy (non-hydrogen) atoms. The fourth-order valence-electron chi connectivity index (χ4n) is 1.60. The van der Waals surface area contributed by atoms with E-state index in [9.17, 15) is 0 Å². The van der Waals surface area contributed by atoms with Crippen molar-refractivity contribution < 1.29 is 0 Å². The van der Waals surface area contributed by atoms with E-state index in [4.69, 9.17) is 17.3 Å². The van der Waals surface area contributed by atoms with Gasteiger partial charge in [-0.05, 0) is 35.4 Å². The van der Waals surface area contributed by atoms with Gasteiger partial charge in [0, 0.05) is 26.7 Å². The Hall–Kier alpha value is -0.480. The van der Waals surface area contributed by atoms with Crippen LogP contribution in [-0.2, 0) is 12.3 Å². The highest BCUT2D eigenvalue weighted by atomic mass is 79.9. The van der Waals surface area contributed by atoms with Crippen LogP contribution in [0.5, 0.6) is 0 Å².